The third-order valence-corrected chi connectivity index (χ3v) is 9.29. The van der Waals surface area contributed by atoms with Crippen molar-refractivity contribution in [2.45, 2.75) is 63.3 Å². The van der Waals surface area contributed by atoms with Gasteiger partial charge < -0.3 is 10.2 Å². The van der Waals surface area contributed by atoms with Gasteiger partial charge in [-0.25, -0.2) is 8.42 Å². The van der Waals surface area contributed by atoms with E-state index in [0.717, 1.165) is 41.8 Å². The van der Waals surface area contributed by atoms with Crippen molar-refractivity contribution in [3.05, 3.63) is 53.6 Å². The fraction of sp³-hybridized carbons (Fsp3) is 0.481. The van der Waals surface area contributed by atoms with Crippen molar-refractivity contribution in [3.63, 3.8) is 0 Å². The number of nitrogens with zero attached hydrogens (tertiary/aromatic N) is 2. The number of nitrogens with one attached hydrogen (secondary N) is 1. The van der Waals surface area contributed by atoms with Gasteiger partial charge >= 0.3 is 0 Å². The number of sulfonamides is 1. The molecule has 35 heavy (non-hydrogen) atoms. The predicted octanol–water partition coefficient (Wildman–Crippen LogP) is 3.98. The third-order valence-electron chi connectivity index (χ3n) is 7.43. The lowest BCUT2D eigenvalue weighted by atomic mass is 9.98. The van der Waals surface area contributed by atoms with E-state index in [-0.39, 0.29) is 35.2 Å². The lowest BCUT2D eigenvalue weighted by Gasteiger charge is -2.31. The Labute approximate surface area is 207 Å². The summed E-state index contributed by atoms with van der Waals surface area (Å²) < 4.78 is 28.5. The molecule has 2 aromatic rings. The largest absolute Gasteiger partial charge is 0.326 e. The van der Waals surface area contributed by atoms with E-state index in [4.69, 9.17) is 0 Å². The second-order valence-electron chi connectivity index (χ2n) is 10.1. The van der Waals surface area contributed by atoms with Crippen LogP contribution < -0.4 is 10.2 Å². The Kier molecular flexibility index (Phi) is 6.44. The van der Waals surface area contributed by atoms with E-state index in [9.17, 15) is 18.0 Å². The average Bonchev–Trinajstić information content (AvgIpc) is 3.65. The molecule has 2 aromatic carbocycles. The van der Waals surface area contributed by atoms with Gasteiger partial charge in [0.25, 0.3) is 0 Å². The van der Waals surface area contributed by atoms with Gasteiger partial charge in [-0.15, -0.1) is 0 Å². The first kappa shape index (κ1) is 24.0. The Morgan fingerprint density at radius 1 is 1.06 bits per heavy atom. The monoisotopic (exact) mass is 495 g/mol. The minimum absolute atomic E-state index is 0.0327. The van der Waals surface area contributed by atoms with Gasteiger partial charge in [-0.3, -0.25) is 9.59 Å². The molecule has 186 valence electrons. The molecule has 0 spiro atoms. The Morgan fingerprint density at radius 3 is 2.60 bits per heavy atom. The number of carbonyl (C=O) groups excluding carboxylic acids is 2. The average molecular weight is 496 g/mol. The van der Waals surface area contributed by atoms with E-state index in [0.29, 0.717) is 25.8 Å². The fourth-order valence-electron chi connectivity index (χ4n) is 5.27. The quantitative estimate of drug-likeness (QED) is 0.657. The molecule has 8 heteroatoms. The molecule has 2 amide bonds. The zero-order valence-electron chi connectivity index (χ0n) is 20.4. The number of hydrogen-bond donors (Lipinski definition) is 1. The molecule has 5 rings (SSSR count). The molecule has 1 N–H and O–H groups in total. The highest BCUT2D eigenvalue weighted by Crippen LogP contribution is 2.40. The first-order valence-electron chi connectivity index (χ1n) is 12.6. The van der Waals surface area contributed by atoms with Crippen LogP contribution in [0.25, 0.3) is 0 Å². The number of carbonyl (C=O) groups is 2. The summed E-state index contributed by atoms with van der Waals surface area (Å²) in [7, 11) is -3.74. The molecule has 0 bridgehead atoms. The van der Waals surface area contributed by atoms with Crippen molar-refractivity contribution in [3.8, 4) is 0 Å². The van der Waals surface area contributed by atoms with Gasteiger partial charge in [0.1, 0.15) is 0 Å². The minimum atomic E-state index is -3.74. The normalized spacial score (nSPS) is 22.6. The number of anilines is 2. The van der Waals surface area contributed by atoms with Gasteiger partial charge in [-0.05, 0) is 86.9 Å². The molecule has 1 aliphatic carbocycles. The number of amides is 2. The van der Waals surface area contributed by atoms with Crippen molar-refractivity contribution in [1.82, 2.24) is 4.31 Å². The van der Waals surface area contributed by atoms with E-state index in [1.807, 2.05) is 36.1 Å². The van der Waals surface area contributed by atoms with Gasteiger partial charge in [0.15, 0.2) is 0 Å². The van der Waals surface area contributed by atoms with Crippen LogP contribution in [0.15, 0.2) is 47.4 Å². The van der Waals surface area contributed by atoms with Crippen LogP contribution >= 0.6 is 0 Å². The molecule has 2 atom stereocenters. The molecule has 0 radical (unpaired) electrons. The number of piperidine rings is 1. The molecule has 0 aromatic heterocycles. The second-order valence-corrected chi connectivity index (χ2v) is 12.0. The van der Waals surface area contributed by atoms with Crippen molar-refractivity contribution in [2.24, 2.45) is 11.8 Å². The van der Waals surface area contributed by atoms with Crippen LogP contribution in [0, 0.1) is 11.8 Å². The van der Waals surface area contributed by atoms with E-state index in [1.54, 1.807) is 18.2 Å². The van der Waals surface area contributed by atoms with E-state index in [1.165, 1.54) is 4.31 Å². The maximum absolute atomic E-state index is 13.5. The fourth-order valence-corrected chi connectivity index (χ4v) is 6.84. The van der Waals surface area contributed by atoms with Crippen molar-refractivity contribution >= 4 is 33.2 Å². The molecule has 1 saturated carbocycles. The molecule has 2 fully saturated rings. The molecular formula is C27H33N3O4S. The summed E-state index contributed by atoms with van der Waals surface area (Å²) >= 11 is 0. The molecule has 3 aliphatic rings. The predicted molar refractivity (Wildman–Crippen MR) is 136 cm³/mol. The van der Waals surface area contributed by atoms with Gasteiger partial charge in [0.2, 0.25) is 21.8 Å². The topological polar surface area (TPSA) is 86.8 Å². The van der Waals surface area contributed by atoms with Crippen LogP contribution in [0.4, 0.5) is 11.4 Å². The van der Waals surface area contributed by atoms with Crippen LogP contribution in [0.1, 0.15) is 50.7 Å². The Hall–Kier alpha value is -2.71. The number of hydrogen-bond acceptors (Lipinski definition) is 4. The summed E-state index contributed by atoms with van der Waals surface area (Å²) in [5, 5.41) is 2.97. The summed E-state index contributed by atoms with van der Waals surface area (Å²) in [5.74, 6) is -0.269. The van der Waals surface area contributed by atoms with Crippen molar-refractivity contribution in [1.29, 1.82) is 0 Å². The molecular weight excluding hydrogens is 462 g/mol. The van der Waals surface area contributed by atoms with Crippen LogP contribution in [0.3, 0.4) is 0 Å². The molecule has 0 unspecified atom stereocenters. The summed E-state index contributed by atoms with van der Waals surface area (Å²) in [4.78, 5) is 27.8. The smallest absolute Gasteiger partial charge is 0.243 e. The number of aryl methyl sites for hydroxylation is 1. The zero-order valence-corrected chi connectivity index (χ0v) is 21.2. The maximum Gasteiger partial charge on any atom is 0.243 e. The van der Waals surface area contributed by atoms with E-state index >= 15 is 0 Å². The van der Waals surface area contributed by atoms with Crippen LogP contribution in [0.2, 0.25) is 0 Å². The highest BCUT2D eigenvalue weighted by molar-refractivity contribution is 7.89. The third kappa shape index (κ3) is 4.74. The number of fused-ring (bicyclic) bond motifs is 1. The molecule has 1 saturated heterocycles. The van der Waals surface area contributed by atoms with Crippen LogP contribution in [-0.2, 0) is 32.5 Å². The van der Waals surface area contributed by atoms with Gasteiger partial charge in [-0.1, -0.05) is 19.1 Å². The van der Waals surface area contributed by atoms with Crippen molar-refractivity contribution in [2.75, 3.05) is 23.3 Å². The summed E-state index contributed by atoms with van der Waals surface area (Å²) in [6, 6.07) is 12.9. The van der Waals surface area contributed by atoms with E-state index in [2.05, 4.69) is 12.2 Å². The molecule has 2 aliphatic heterocycles. The van der Waals surface area contributed by atoms with Gasteiger partial charge in [0.05, 0.1) is 10.8 Å². The van der Waals surface area contributed by atoms with Gasteiger partial charge in [0, 0.05) is 36.4 Å². The molecule has 7 nitrogen and oxygen atoms in total. The SMILES string of the molecule is CCc1cccc(NC(=O)[C@H]2CCCN(S(=O)(=O)c3ccc4c(c3)C[C@@H](C)N4C(=O)C3CC3)C2)c1. The lowest BCUT2D eigenvalue weighted by Crippen LogP contribution is -2.43. The van der Waals surface area contributed by atoms with E-state index < -0.39 is 15.9 Å². The molecule has 2 heterocycles. The van der Waals surface area contributed by atoms with Crippen molar-refractivity contribution < 1.29 is 18.0 Å². The minimum Gasteiger partial charge on any atom is -0.326 e. The Balaban J connectivity index is 1.31. The van der Waals surface area contributed by atoms with Gasteiger partial charge in [-0.2, -0.15) is 4.31 Å². The Morgan fingerprint density at radius 2 is 1.86 bits per heavy atom. The summed E-state index contributed by atoms with van der Waals surface area (Å²) in [6.45, 7) is 4.64. The maximum atomic E-state index is 13.5. The Bertz CT molecular complexity index is 1250. The summed E-state index contributed by atoms with van der Waals surface area (Å²) in [6.07, 6.45) is 4.71. The number of benzene rings is 2. The lowest BCUT2D eigenvalue weighted by molar-refractivity contribution is -0.121. The van der Waals surface area contributed by atoms with Crippen LogP contribution in [0.5, 0.6) is 0 Å². The standard InChI is InChI=1S/C27H33N3O4S/c1-3-19-6-4-8-23(15-19)28-26(31)21-7-5-13-29(17-21)35(33,34)24-11-12-25-22(16-24)14-18(2)30(25)27(32)20-9-10-20/h4,6,8,11-12,15-16,18,20-21H,3,5,7,9-10,13-14,17H2,1-2H3,(H,28,31)/t18-,21+/m1/s1. The second kappa shape index (κ2) is 9.39. The number of rotatable bonds is 6. The summed E-state index contributed by atoms with van der Waals surface area (Å²) in [5.41, 5.74) is 3.61. The first-order valence-corrected chi connectivity index (χ1v) is 14.1. The van der Waals surface area contributed by atoms with Crippen LogP contribution in [-0.4, -0.2) is 43.7 Å². The highest BCUT2D eigenvalue weighted by atomic mass is 32.2. The first-order chi connectivity index (χ1) is 16.8. The highest BCUT2D eigenvalue weighted by Gasteiger charge is 2.40. The zero-order chi connectivity index (χ0) is 24.7.